The molecule has 0 aromatic heterocycles. The molecule has 0 aliphatic rings. The topological polar surface area (TPSA) is 43.7 Å². The van der Waals surface area contributed by atoms with Gasteiger partial charge in [-0.2, -0.15) is 0 Å². The lowest BCUT2D eigenvalue weighted by molar-refractivity contribution is 0.426. The van der Waals surface area contributed by atoms with Gasteiger partial charge < -0.3 is 14.9 Å². The molecular weight excluding hydrogens is 417 g/mol. The molecule has 0 aliphatic heterocycles. The quantitative estimate of drug-likeness (QED) is 0.317. The molecule has 0 bridgehead atoms. The molecule has 34 heavy (non-hydrogen) atoms. The lowest BCUT2D eigenvalue weighted by Crippen LogP contribution is -2.30. The molecule has 162 valence electrons. The maximum Gasteiger partial charge on any atom is 0.489 e. The molecule has 0 fully saturated rings. The van der Waals surface area contributed by atoms with Crippen LogP contribution in [-0.4, -0.2) is 17.2 Å². The average Bonchev–Trinajstić information content (AvgIpc) is 2.89. The molecule has 0 radical (unpaired) electrons. The fourth-order valence-electron chi connectivity index (χ4n) is 4.92. The van der Waals surface area contributed by atoms with Gasteiger partial charge in [-0.25, -0.2) is 0 Å². The van der Waals surface area contributed by atoms with Crippen LogP contribution in [0.15, 0.2) is 121 Å². The van der Waals surface area contributed by atoms with E-state index in [1.165, 1.54) is 0 Å². The van der Waals surface area contributed by atoms with Gasteiger partial charge in [0.15, 0.2) is 0 Å². The summed E-state index contributed by atoms with van der Waals surface area (Å²) in [6.07, 6.45) is 0. The minimum absolute atomic E-state index is 0.495. The zero-order valence-corrected chi connectivity index (χ0v) is 18.5. The summed E-state index contributed by atoms with van der Waals surface area (Å²) in [6, 6.07) is 41.2. The zero-order chi connectivity index (χ0) is 23.1. The van der Waals surface area contributed by atoms with E-state index in [9.17, 15) is 10.0 Å². The Morgan fingerprint density at radius 3 is 1.41 bits per heavy atom. The van der Waals surface area contributed by atoms with E-state index < -0.39 is 7.12 Å². The zero-order valence-electron chi connectivity index (χ0n) is 18.5. The van der Waals surface area contributed by atoms with Crippen LogP contribution in [0.1, 0.15) is 0 Å². The number of fused-ring (bicyclic) bond motifs is 3. The molecule has 0 atom stereocenters. The highest BCUT2D eigenvalue weighted by Crippen LogP contribution is 2.43. The van der Waals surface area contributed by atoms with E-state index in [-0.39, 0.29) is 0 Å². The van der Waals surface area contributed by atoms with Crippen molar-refractivity contribution >= 4 is 62.0 Å². The molecule has 0 unspecified atom stereocenters. The Hall–Kier alpha value is -4.12. The van der Waals surface area contributed by atoms with E-state index in [0.29, 0.717) is 5.46 Å². The van der Waals surface area contributed by atoms with Crippen LogP contribution in [0.2, 0.25) is 0 Å². The molecule has 3 nitrogen and oxygen atoms in total. The Balaban J connectivity index is 1.74. The molecule has 0 amide bonds. The van der Waals surface area contributed by atoms with Crippen molar-refractivity contribution in [1.82, 2.24) is 0 Å². The second kappa shape index (κ2) is 8.34. The van der Waals surface area contributed by atoms with Crippen LogP contribution < -0.4 is 10.4 Å². The van der Waals surface area contributed by atoms with E-state index >= 15 is 0 Å². The van der Waals surface area contributed by atoms with E-state index in [1.807, 2.05) is 36.4 Å². The first-order valence-corrected chi connectivity index (χ1v) is 11.4. The predicted molar refractivity (Wildman–Crippen MR) is 143 cm³/mol. The summed E-state index contributed by atoms with van der Waals surface area (Å²) < 4.78 is 0. The Kier molecular flexibility index (Phi) is 5.03. The number of rotatable bonds is 4. The predicted octanol–water partition coefficient (Wildman–Crippen LogP) is 6.30. The van der Waals surface area contributed by atoms with Gasteiger partial charge in [-0.3, -0.25) is 0 Å². The Morgan fingerprint density at radius 2 is 0.853 bits per heavy atom. The van der Waals surface area contributed by atoms with Gasteiger partial charge in [0.25, 0.3) is 0 Å². The van der Waals surface area contributed by atoms with Crippen LogP contribution in [-0.2, 0) is 0 Å². The normalized spacial score (nSPS) is 11.2. The van der Waals surface area contributed by atoms with Crippen molar-refractivity contribution in [3.63, 3.8) is 0 Å². The van der Waals surface area contributed by atoms with Crippen molar-refractivity contribution in [2.45, 2.75) is 0 Å². The molecule has 0 spiro atoms. The fraction of sp³-hybridized carbons (Fsp3) is 0. The lowest BCUT2D eigenvalue weighted by Gasteiger charge is -2.29. The maximum atomic E-state index is 10.0. The lowest BCUT2D eigenvalue weighted by atomic mass is 9.77. The van der Waals surface area contributed by atoms with E-state index in [4.69, 9.17) is 0 Å². The minimum atomic E-state index is -1.54. The van der Waals surface area contributed by atoms with E-state index in [0.717, 1.165) is 49.4 Å². The summed E-state index contributed by atoms with van der Waals surface area (Å²) >= 11 is 0. The highest BCUT2D eigenvalue weighted by molar-refractivity contribution is 6.62. The Bertz CT molecular complexity index is 1570. The van der Waals surface area contributed by atoms with Crippen LogP contribution in [0.25, 0.3) is 32.3 Å². The maximum absolute atomic E-state index is 10.0. The number of anilines is 3. The van der Waals surface area contributed by atoms with Gasteiger partial charge in [-0.1, -0.05) is 103 Å². The van der Waals surface area contributed by atoms with Gasteiger partial charge in [-0.05, 0) is 39.8 Å². The molecule has 4 heteroatoms. The molecule has 0 saturated heterocycles. The summed E-state index contributed by atoms with van der Waals surface area (Å²) in [4.78, 5) is 2.29. The van der Waals surface area contributed by atoms with Crippen molar-refractivity contribution in [2.75, 3.05) is 4.90 Å². The Labute approximate surface area is 198 Å². The number of hydrogen-bond acceptors (Lipinski definition) is 3. The first kappa shape index (κ1) is 20.5. The summed E-state index contributed by atoms with van der Waals surface area (Å²) in [5.74, 6) is 0. The number of nitrogens with zero attached hydrogens (tertiary/aromatic N) is 1. The van der Waals surface area contributed by atoms with Gasteiger partial charge in [0.2, 0.25) is 0 Å². The third-order valence-electron chi connectivity index (χ3n) is 6.47. The largest absolute Gasteiger partial charge is 0.489 e. The van der Waals surface area contributed by atoms with Crippen LogP contribution >= 0.6 is 0 Å². The van der Waals surface area contributed by atoms with Crippen LogP contribution in [0.4, 0.5) is 17.1 Å². The summed E-state index contributed by atoms with van der Waals surface area (Å²) in [7, 11) is -1.54. The van der Waals surface area contributed by atoms with Crippen molar-refractivity contribution in [3.05, 3.63) is 121 Å². The van der Waals surface area contributed by atoms with Gasteiger partial charge >= 0.3 is 7.12 Å². The highest BCUT2D eigenvalue weighted by Gasteiger charge is 2.22. The van der Waals surface area contributed by atoms with E-state index in [2.05, 4.69) is 89.8 Å². The van der Waals surface area contributed by atoms with E-state index in [1.54, 1.807) is 0 Å². The van der Waals surface area contributed by atoms with Crippen molar-refractivity contribution in [2.24, 2.45) is 0 Å². The van der Waals surface area contributed by atoms with Gasteiger partial charge in [-0.15, -0.1) is 0 Å². The van der Waals surface area contributed by atoms with Crippen molar-refractivity contribution in [1.29, 1.82) is 0 Å². The fourth-order valence-corrected chi connectivity index (χ4v) is 4.92. The molecule has 6 aromatic rings. The van der Waals surface area contributed by atoms with Crippen LogP contribution in [0, 0.1) is 0 Å². The third-order valence-corrected chi connectivity index (χ3v) is 6.47. The molecular formula is C30H22BNO2. The molecule has 6 aromatic carbocycles. The summed E-state index contributed by atoms with van der Waals surface area (Å²) in [6.45, 7) is 0. The van der Waals surface area contributed by atoms with Crippen molar-refractivity contribution in [3.8, 4) is 0 Å². The highest BCUT2D eigenvalue weighted by atomic mass is 16.4. The summed E-state index contributed by atoms with van der Waals surface area (Å²) in [5.41, 5.74) is 3.61. The van der Waals surface area contributed by atoms with Gasteiger partial charge in [0.05, 0.1) is 17.1 Å². The third kappa shape index (κ3) is 3.32. The van der Waals surface area contributed by atoms with Crippen molar-refractivity contribution < 1.29 is 10.0 Å². The minimum Gasteiger partial charge on any atom is -0.423 e. The van der Waals surface area contributed by atoms with Gasteiger partial charge in [0.1, 0.15) is 0 Å². The second-order valence-corrected chi connectivity index (χ2v) is 8.43. The molecule has 0 saturated carbocycles. The standard InChI is InChI=1S/C30H22BNO2/c33-31(34)27-19-20-30(26-16-6-5-15-25(26)27)32(28-17-7-11-21-9-1-3-13-23(21)28)29-18-8-12-22-10-2-4-14-24(22)29/h1-20,33-34H. The van der Waals surface area contributed by atoms with Crippen LogP contribution in [0.5, 0.6) is 0 Å². The molecule has 6 rings (SSSR count). The summed E-state index contributed by atoms with van der Waals surface area (Å²) in [5, 5.41) is 26.4. The first-order chi connectivity index (χ1) is 16.7. The molecule has 2 N–H and O–H groups in total. The van der Waals surface area contributed by atoms with Crippen LogP contribution in [0.3, 0.4) is 0 Å². The number of benzene rings is 6. The monoisotopic (exact) mass is 439 g/mol. The Morgan fingerprint density at radius 1 is 0.412 bits per heavy atom. The smallest absolute Gasteiger partial charge is 0.423 e. The number of hydrogen-bond donors (Lipinski definition) is 2. The second-order valence-electron chi connectivity index (χ2n) is 8.43. The molecule has 0 aliphatic carbocycles. The first-order valence-electron chi connectivity index (χ1n) is 11.4. The average molecular weight is 439 g/mol. The molecule has 0 heterocycles. The van der Waals surface area contributed by atoms with Gasteiger partial charge in [0, 0.05) is 16.2 Å². The SMILES string of the molecule is OB(O)c1ccc(N(c2cccc3ccccc23)c2cccc3ccccc23)c2ccccc12.